The van der Waals surface area contributed by atoms with E-state index in [1.165, 1.54) is 25.7 Å². The van der Waals surface area contributed by atoms with E-state index >= 15 is 0 Å². The molecule has 0 bridgehead atoms. The van der Waals surface area contributed by atoms with Gasteiger partial charge in [0.05, 0.1) is 0 Å². The lowest BCUT2D eigenvalue weighted by molar-refractivity contribution is 0.0523. The quantitative estimate of drug-likeness (QED) is 0.540. The number of fused-ring (bicyclic) bond motifs is 1. The average molecular weight is 195 g/mol. The fraction of sp³-hybridized carbons (Fsp3) is 1.00. The highest BCUT2D eigenvalue weighted by Crippen LogP contribution is 2.47. The van der Waals surface area contributed by atoms with Crippen molar-refractivity contribution in [1.29, 1.82) is 0 Å². The van der Waals surface area contributed by atoms with Crippen LogP contribution < -0.4 is 0 Å². The first kappa shape index (κ1) is 9.99. The molecule has 2 aliphatic rings. The van der Waals surface area contributed by atoms with Gasteiger partial charge in [-0.3, -0.25) is 0 Å². The molecule has 1 aliphatic carbocycles. The normalized spacial score (nSPS) is 47.4. The average Bonchev–Trinajstić information content (AvgIpc) is 2.25. The molecular weight excluding hydrogens is 175 g/mol. The molecule has 1 radical (unpaired) electrons. The number of hydrogen-bond donors (Lipinski definition) is 0. The first-order valence-electron chi connectivity index (χ1n) is 5.32. The van der Waals surface area contributed by atoms with Crippen LogP contribution in [0.5, 0.6) is 0 Å². The van der Waals surface area contributed by atoms with Crippen LogP contribution in [0.3, 0.4) is 0 Å². The molecule has 0 N–H and O–H groups in total. The summed E-state index contributed by atoms with van der Waals surface area (Å²) in [7, 11) is 4.62. The standard InChI is InChI=1S/C10H20N2.Al/c1-9(11-3)7-5-6-8-10(9,2)12-4;/h5-8H2,1-4H3;/q-2;+2/t9-,10-;/m1./s1. The summed E-state index contributed by atoms with van der Waals surface area (Å²) in [5, 5.41) is 0. The van der Waals surface area contributed by atoms with Crippen molar-refractivity contribution in [2.24, 2.45) is 0 Å². The summed E-state index contributed by atoms with van der Waals surface area (Å²) < 4.78 is 5.23. The van der Waals surface area contributed by atoms with Crippen molar-refractivity contribution < 1.29 is 0 Å². The molecule has 1 heterocycles. The molecule has 3 heteroatoms. The van der Waals surface area contributed by atoms with Gasteiger partial charge in [-0.05, 0) is 40.8 Å². The van der Waals surface area contributed by atoms with Gasteiger partial charge < -0.3 is 7.77 Å². The molecule has 2 rings (SSSR count). The van der Waals surface area contributed by atoms with Crippen molar-refractivity contribution in [2.75, 3.05) is 14.1 Å². The van der Waals surface area contributed by atoms with E-state index in [1.54, 1.807) is 0 Å². The zero-order valence-electron chi connectivity index (χ0n) is 9.30. The van der Waals surface area contributed by atoms with Gasteiger partial charge >= 0.3 is 15.7 Å². The van der Waals surface area contributed by atoms with Gasteiger partial charge in [0.1, 0.15) is 0 Å². The van der Waals surface area contributed by atoms with Gasteiger partial charge in [-0.25, -0.2) is 0 Å². The molecule has 1 saturated heterocycles. The molecular formula is C10H20AlN2. The Morgan fingerprint density at radius 3 is 1.69 bits per heavy atom. The van der Waals surface area contributed by atoms with Gasteiger partial charge in [0, 0.05) is 11.1 Å². The van der Waals surface area contributed by atoms with E-state index in [0.717, 1.165) is 0 Å². The molecule has 0 aromatic rings. The molecule has 0 aromatic carbocycles. The van der Waals surface area contributed by atoms with Crippen LogP contribution in [0.1, 0.15) is 39.5 Å². The Kier molecular flexibility index (Phi) is 2.28. The Hall–Kier alpha value is 0.452. The van der Waals surface area contributed by atoms with Crippen molar-refractivity contribution in [3.63, 3.8) is 0 Å². The van der Waals surface area contributed by atoms with Crippen LogP contribution in [0.4, 0.5) is 0 Å². The maximum absolute atomic E-state index is 2.62. The molecule has 2 fully saturated rings. The second-order valence-electron chi connectivity index (χ2n) is 5.09. The van der Waals surface area contributed by atoms with E-state index in [0.29, 0.717) is 26.7 Å². The molecule has 0 spiro atoms. The molecule has 2 nitrogen and oxygen atoms in total. The minimum Gasteiger partial charge on any atom is -0.374 e. The van der Waals surface area contributed by atoms with Crippen molar-refractivity contribution in [3.05, 3.63) is 0 Å². The highest BCUT2D eigenvalue weighted by atomic mass is 27.1. The lowest BCUT2D eigenvalue weighted by Crippen LogP contribution is -2.58. The van der Waals surface area contributed by atoms with E-state index in [1.807, 2.05) is 0 Å². The third kappa shape index (κ3) is 1.15. The predicted molar refractivity (Wildman–Crippen MR) is 56.6 cm³/mol. The molecule has 0 aromatic heterocycles. The van der Waals surface area contributed by atoms with Crippen LogP contribution >= 0.6 is 0 Å². The molecule has 0 amide bonds. The van der Waals surface area contributed by atoms with Crippen LogP contribution in [0.2, 0.25) is 0 Å². The van der Waals surface area contributed by atoms with Crippen LogP contribution in [0.25, 0.3) is 0 Å². The van der Waals surface area contributed by atoms with E-state index < -0.39 is 0 Å². The van der Waals surface area contributed by atoms with Crippen molar-refractivity contribution in [2.45, 2.75) is 50.6 Å². The first-order chi connectivity index (χ1) is 6.01. The van der Waals surface area contributed by atoms with E-state index in [9.17, 15) is 0 Å². The highest BCUT2D eigenvalue weighted by molar-refractivity contribution is 6.30. The largest absolute Gasteiger partial charge is 0.455 e. The Labute approximate surface area is 88.4 Å². The smallest absolute Gasteiger partial charge is 0.374 e. The van der Waals surface area contributed by atoms with Crippen LogP contribution in [0.15, 0.2) is 0 Å². The summed E-state index contributed by atoms with van der Waals surface area (Å²) in [6.07, 6.45) is 5.61. The Balaban J connectivity index is 2.35. The number of nitrogens with zero attached hydrogens (tertiary/aromatic N) is 2. The molecule has 13 heavy (non-hydrogen) atoms. The summed E-state index contributed by atoms with van der Waals surface area (Å²) in [5.74, 6) is 0. The summed E-state index contributed by atoms with van der Waals surface area (Å²) in [6.45, 7) is 4.92. The molecule has 73 valence electrons. The Bertz CT molecular complexity index is 199. The summed E-state index contributed by atoms with van der Waals surface area (Å²) in [5.41, 5.74) is 0.907. The van der Waals surface area contributed by atoms with Gasteiger partial charge in [0.15, 0.2) is 0 Å². The summed E-state index contributed by atoms with van der Waals surface area (Å²) >= 11 is 0.374. The summed E-state index contributed by atoms with van der Waals surface area (Å²) in [6, 6.07) is 0. The van der Waals surface area contributed by atoms with Gasteiger partial charge in [-0.1, -0.05) is 12.8 Å². The monoisotopic (exact) mass is 195 g/mol. The molecule has 0 unspecified atom stereocenters. The van der Waals surface area contributed by atoms with Gasteiger partial charge in [0.2, 0.25) is 0 Å². The second kappa shape index (κ2) is 2.97. The number of likely N-dealkylation sites (N-methyl/N-ethyl adjacent to an activating group) is 2. The van der Waals surface area contributed by atoms with E-state index in [4.69, 9.17) is 0 Å². The number of rotatable bonds is 0. The van der Waals surface area contributed by atoms with Gasteiger partial charge in [0.25, 0.3) is 0 Å². The maximum atomic E-state index is 2.62. The lowest BCUT2D eigenvalue weighted by atomic mass is 9.69. The zero-order valence-corrected chi connectivity index (χ0v) is 10.5. The molecule has 1 aliphatic heterocycles. The van der Waals surface area contributed by atoms with E-state index in [2.05, 4.69) is 35.7 Å². The third-order valence-corrected chi connectivity index (χ3v) is 6.47. The minimum absolute atomic E-state index is 0.374. The lowest BCUT2D eigenvalue weighted by Gasteiger charge is -2.52. The number of hydrogen-bond acceptors (Lipinski definition) is 2. The minimum atomic E-state index is 0.374. The van der Waals surface area contributed by atoms with Crippen molar-refractivity contribution in [1.82, 2.24) is 7.77 Å². The second-order valence-corrected chi connectivity index (χ2v) is 6.87. The van der Waals surface area contributed by atoms with Crippen LogP contribution in [-0.4, -0.2) is 48.6 Å². The Morgan fingerprint density at radius 1 is 0.923 bits per heavy atom. The molecule has 2 atom stereocenters. The maximum Gasteiger partial charge on any atom is 0.455 e. The van der Waals surface area contributed by atoms with Gasteiger partial charge in [-0.2, -0.15) is 0 Å². The van der Waals surface area contributed by atoms with Crippen LogP contribution in [-0.2, 0) is 0 Å². The molecule has 1 saturated carbocycles. The first-order valence-corrected chi connectivity index (χ1v) is 6.35. The van der Waals surface area contributed by atoms with Crippen molar-refractivity contribution >= 4 is 15.7 Å². The fourth-order valence-electron chi connectivity index (χ4n) is 3.10. The Morgan fingerprint density at radius 2 is 1.31 bits per heavy atom. The third-order valence-electron chi connectivity index (χ3n) is 4.64. The SMILES string of the molecule is C[N]1[Al][N](C)[C@]2(C)CCCC[C@@]12C. The van der Waals surface area contributed by atoms with E-state index in [-0.39, 0.29) is 0 Å². The van der Waals surface area contributed by atoms with Gasteiger partial charge in [-0.15, -0.1) is 0 Å². The summed E-state index contributed by atoms with van der Waals surface area (Å²) in [4.78, 5) is 0. The zero-order chi connectivity index (χ0) is 9.69. The highest BCUT2D eigenvalue weighted by Gasteiger charge is 2.55. The predicted octanol–water partition coefficient (Wildman–Crippen LogP) is 1.49. The topological polar surface area (TPSA) is 6.48 Å². The fourth-order valence-corrected chi connectivity index (χ4v) is 4.95. The van der Waals surface area contributed by atoms with Crippen LogP contribution in [0, 0.1) is 0 Å². The van der Waals surface area contributed by atoms with Crippen molar-refractivity contribution in [3.8, 4) is 0 Å².